The Kier molecular flexibility index (Phi) is 7.49. The monoisotopic (exact) mass is 267 g/mol. The van der Waals surface area contributed by atoms with Crippen LogP contribution in [0.4, 0.5) is 4.39 Å². The molecule has 0 aliphatic carbocycles. The van der Waals surface area contributed by atoms with Crippen molar-refractivity contribution in [2.24, 2.45) is 0 Å². The molecule has 3 heteroatoms. The minimum absolute atomic E-state index is 0.0805. The highest BCUT2D eigenvalue weighted by molar-refractivity contribution is 5.33. The van der Waals surface area contributed by atoms with Gasteiger partial charge in [-0.2, -0.15) is 0 Å². The molecule has 0 fully saturated rings. The van der Waals surface area contributed by atoms with E-state index in [1.165, 1.54) is 26.4 Å². The van der Waals surface area contributed by atoms with E-state index in [4.69, 9.17) is 4.74 Å². The number of rotatable bonds is 9. The molecule has 0 heterocycles. The zero-order valence-corrected chi connectivity index (χ0v) is 12.3. The van der Waals surface area contributed by atoms with Gasteiger partial charge in [-0.05, 0) is 19.0 Å². The zero-order chi connectivity index (χ0) is 14.1. The lowest BCUT2D eigenvalue weighted by molar-refractivity contribution is 0.376. The fourth-order valence-corrected chi connectivity index (χ4v) is 2.34. The van der Waals surface area contributed by atoms with Crippen LogP contribution in [0.5, 0.6) is 5.75 Å². The Hall–Kier alpha value is -1.09. The molecule has 1 N–H and O–H groups in total. The molecular weight excluding hydrogens is 241 g/mol. The maximum absolute atomic E-state index is 14.3. The average molecular weight is 267 g/mol. The normalized spacial score (nSPS) is 12.4. The van der Waals surface area contributed by atoms with Crippen molar-refractivity contribution >= 4 is 0 Å². The highest BCUT2D eigenvalue weighted by Gasteiger charge is 2.17. The fraction of sp³-hybridized carbons (Fsp3) is 0.625. The molecule has 1 unspecified atom stereocenters. The van der Waals surface area contributed by atoms with Gasteiger partial charge in [0.05, 0.1) is 7.11 Å². The van der Waals surface area contributed by atoms with Gasteiger partial charge in [0.1, 0.15) is 0 Å². The fourth-order valence-electron chi connectivity index (χ4n) is 2.34. The first-order valence-corrected chi connectivity index (χ1v) is 7.30. The molecule has 0 aromatic heterocycles. The Morgan fingerprint density at radius 2 is 2.00 bits per heavy atom. The van der Waals surface area contributed by atoms with E-state index in [0.717, 1.165) is 24.9 Å². The lowest BCUT2D eigenvalue weighted by Crippen LogP contribution is -2.22. The zero-order valence-electron chi connectivity index (χ0n) is 12.3. The second kappa shape index (κ2) is 8.92. The molecule has 0 aliphatic heterocycles. The smallest absolute Gasteiger partial charge is 0.169 e. The van der Waals surface area contributed by atoms with E-state index in [1.54, 1.807) is 6.07 Å². The lowest BCUT2D eigenvalue weighted by Gasteiger charge is -2.20. The molecule has 0 radical (unpaired) electrons. The summed E-state index contributed by atoms with van der Waals surface area (Å²) in [7, 11) is 1.51. The largest absolute Gasteiger partial charge is 0.494 e. The first kappa shape index (κ1) is 16.0. The average Bonchev–Trinajstić information content (AvgIpc) is 2.43. The Morgan fingerprint density at radius 3 is 2.63 bits per heavy atom. The maximum atomic E-state index is 14.3. The Labute approximate surface area is 116 Å². The van der Waals surface area contributed by atoms with Gasteiger partial charge in [0.15, 0.2) is 11.6 Å². The van der Waals surface area contributed by atoms with E-state index in [1.807, 2.05) is 12.1 Å². The Balaban J connectivity index is 2.74. The van der Waals surface area contributed by atoms with E-state index in [2.05, 4.69) is 19.2 Å². The molecule has 0 saturated heterocycles. The van der Waals surface area contributed by atoms with Crippen LogP contribution in [-0.4, -0.2) is 13.7 Å². The summed E-state index contributed by atoms with van der Waals surface area (Å²) >= 11 is 0. The van der Waals surface area contributed by atoms with Crippen LogP contribution in [0.25, 0.3) is 0 Å². The molecule has 1 rings (SSSR count). The first-order chi connectivity index (χ1) is 9.24. The molecule has 0 amide bonds. The number of nitrogens with one attached hydrogen (secondary N) is 1. The van der Waals surface area contributed by atoms with Crippen LogP contribution in [-0.2, 0) is 0 Å². The van der Waals surface area contributed by atoms with Crippen molar-refractivity contribution in [3.8, 4) is 5.75 Å². The third kappa shape index (κ3) is 4.83. The lowest BCUT2D eigenvalue weighted by atomic mass is 9.99. The van der Waals surface area contributed by atoms with Crippen molar-refractivity contribution in [1.29, 1.82) is 0 Å². The van der Waals surface area contributed by atoms with E-state index in [-0.39, 0.29) is 11.9 Å². The molecule has 0 spiro atoms. The second-order valence-electron chi connectivity index (χ2n) is 4.82. The number of methoxy groups -OCH3 is 1. The summed E-state index contributed by atoms with van der Waals surface area (Å²) in [6, 6.07) is 5.45. The molecule has 0 aliphatic rings. The second-order valence-corrected chi connectivity index (χ2v) is 4.82. The molecular formula is C16H26FNO. The molecule has 108 valence electrons. The molecule has 0 bridgehead atoms. The van der Waals surface area contributed by atoms with E-state index in [9.17, 15) is 4.39 Å². The minimum atomic E-state index is -0.230. The molecule has 1 atom stereocenters. The van der Waals surface area contributed by atoms with Gasteiger partial charge < -0.3 is 10.1 Å². The van der Waals surface area contributed by atoms with Crippen LogP contribution in [0.3, 0.4) is 0 Å². The van der Waals surface area contributed by atoms with Crippen molar-refractivity contribution in [2.45, 2.75) is 52.0 Å². The van der Waals surface area contributed by atoms with Gasteiger partial charge in [0, 0.05) is 11.6 Å². The standard InChI is InChI=1S/C16H26FNO/c1-4-6-7-8-11-14(18-5-2)13-10-9-12-15(19-3)16(13)17/h9-10,12,14,18H,4-8,11H2,1-3H3. The topological polar surface area (TPSA) is 21.3 Å². The van der Waals surface area contributed by atoms with E-state index >= 15 is 0 Å². The summed E-state index contributed by atoms with van der Waals surface area (Å²) in [5.41, 5.74) is 0.720. The van der Waals surface area contributed by atoms with Crippen LogP contribution >= 0.6 is 0 Å². The highest BCUT2D eigenvalue weighted by Crippen LogP contribution is 2.28. The number of hydrogen-bond acceptors (Lipinski definition) is 2. The number of hydrogen-bond donors (Lipinski definition) is 1. The van der Waals surface area contributed by atoms with Crippen LogP contribution in [0.15, 0.2) is 18.2 Å². The van der Waals surface area contributed by atoms with E-state index in [0.29, 0.717) is 5.75 Å². The number of unbranched alkanes of at least 4 members (excludes halogenated alkanes) is 3. The van der Waals surface area contributed by atoms with Crippen molar-refractivity contribution in [2.75, 3.05) is 13.7 Å². The maximum Gasteiger partial charge on any atom is 0.169 e. The summed E-state index contributed by atoms with van der Waals surface area (Å²) in [5, 5.41) is 3.37. The SMILES string of the molecule is CCCCCCC(NCC)c1cccc(OC)c1F. The predicted octanol–water partition coefficient (Wildman–Crippen LogP) is 4.46. The quantitative estimate of drug-likeness (QED) is 0.667. The van der Waals surface area contributed by atoms with Gasteiger partial charge in [-0.25, -0.2) is 4.39 Å². The molecule has 19 heavy (non-hydrogen) atoms. The molecule has 1 aromatic carbocycles. The third-order valence-electron chi connectivity index (χ3n) is 3.39. The Morgan fingerprint density at radius 1 is 1.21 bits per heavy atom. The summed E-state index contributed by atoms with van der Waals surface area (Å²) in [5.74, 6) is 0.0976. The van der Waals surface area contributed by atoms with Crippen LogP contribution in [0.1, 0.15) is 57.6 Å². The van der Waals surface area contributed by atoms with Crippen LogP contribution < -0.4 is 10.1 Å². The summed E-state index contributed by atoms with van der Waals surface area (Å²) in [4.78, 5) is 0. The van der Waals surface area contributed by atoms with Crippen molar-refractivity contribution in [1.82, 2.24) is 5.32 Å². The van der Waals surface area contributed by atoms with Crippen molar-refractivity contribution in [3.05, 3.63) is 29.6 Å². The predicted molar refractivity (Wildman–Crippen MR) is 78.1 cm³/mol. The summed E-state index contributed by atoms with van der Waals surface area (Å²) in [6.07, 6.45) is 5.78. The van der Waals surface area contributed by atoms with Crippen molar-refractivity contribution in [3.63, 3.8) is 0 Å². The van der Waals surface area contributed by atoms with Gasteiger partial charge in [0.25, 0.3) is 0 Å². The van der Waals surface area contributed by atoms with Gasteiger partial charge >= 0.3 is 0 Å². The molecule has 0 saturated carbocycles. The summed E-state index contributed by atoms with van der Waals surface area (Å²) in [6.45, 7) is 5.09. The number of benzene rings is 1. The third-order valence-corrected chi connectivity index (χ3v) is 3.39. The Bertz CT molecular complexity index is 368. The van der Waals surface area contributed by atoms with Crippen molar-refractivity contribution < 1.29 is 9.13 Å². The number of halogens is 1. The van der Waals surface area contributed by atoms with Gasteiger partial charge in [-0.3, -0.25) is 0 Å². The van der Waals surface area contributed by atoms with Gasteiger partial charge in [0.2, 0.25) is 0 Å². The minimum Gasteiger partial charge on any atom is -0.494 e. The summed E-state index contributed by atoms with van der Waals surface area (Å²) < 4.78 is 19.3. The molecule has 2 nitrogen and oxygen atoms in total. The van der Waals surface area contributed by atoms with Gasteiger partial charge in [-0.15, -0.1) is 0 Å². The molecule has 1 aromatic rings. The van der Waals surface area contributed by atoms with Crippen LogP contribution in [0, 0.1) is 5.82 Å². The number of ether oxygens (including phenoxy) is 1. The van der Waals surface area contributed by atoms with Crippen LogP contribution in [0.2, 0.25) is 0 Å². The van der Waals surface area contributed by atoms with Gasteiger partial charge in [-0.1, -0.05) is 51.7 Å². The highest BCUT2D eigenvalue weighted by atomic mass is 19.1. The first-order valence-electron chi connectivity index (χ1n) is 7.30. The van der Waals surface area contributed by atoms with E-state index < -0.39 is 0 Å².